The molecule has 2 heterocycles. The number of hydrogen-bond acceptors (Lipinski definition) is 5. The summed E-state index contributed by atoms with van der Waals surface area (Å²) in [5.74, 6) is 1.11. The van der Waals surface area contributed by atoms with Crippen molar-refractivity contribution in [2.45, 2.75) is 26.3 Å². The van der Waals surface area contributed by atoms with Gasteiger partial charge in [0.2, 0.25) is 0 Å². The summed E-state index contributed by atoms with van der Waals surface area (Å²) in [6, 6.07) is 14.6. The highest BCUT2D eigenvalue weighted by atomic mass is 35.5. The van der Waals surface area contributed by atoms with Crippen molar-refractivity contribution in [3.8, 4) is 5.75 Å². The predicted molar refractivity (Wildman–Crippen MR) is 126 cm³/mol. The third-order valence-electron chi connectivity index (χ3n) is 4.73. The maximum absolute atomic E-state index is 13.2. The second-order valence-corrected chi connectivity index (χ2v) is 9.12. The Kier molecular flexibility index (Phi) is 6.51. The number of thiazole rings is 1. The van der Waals surface area contributed by atoms with Gasteiger partial charge in [-0.25, -0.2) is 4.98 Å². The average Bonchev–Trinajstić information content (AvgIpc) is 3.40. The molecule has 8 heteroatoms. The highest BCUT2D eigenvalue weighted by molar-refractivity contribution is 7.22. The number of amides is 1. The van der Waals surface area contributed by atoms with Gasteiger partial charge >= 0.3 is 0 Å². The Morgan fingerprint density at radius 3 is 2.74 bits per heavy atom. The fraction of sp³-hybridized carbons (Fsp3) is 0.217. The van der Waals surface area contributed by atoms with Crippen LogP contribution in [0.2, 0.25) is 10.0 Å². The number of ether oxygens (including phenoxy) is 1. The molecule has 0 atom stereocenters. The molecule has 1 amide bonds. The number of nitrogens with zero attached hydrogens (tertiary/aromatic N) is 2. The second-order valence-electron chi connectivity index (χ2n) is 7.27. The number of halogens is 2. The topological polar surface area (TPSA) is 55.6 Å². The molecular weight excluding hydrogens is 455 g/mol. The van der Waals surface area contributed by atoms with E-state index in [4.69, 9.17) is 37.3 Å². The van der Waals surface area contributed by atoms with Crippen LogP contribution in [0.25, 0.3) is 10.2 Å². The molecule has 0 bridgehead atoms. The van der Waals surface area contributed by atoms with E-state index >= 15 is 0 Å². The van der Waals surface area contributed by atoms with E-state index in [1.807, 2.05) is 18.2 Å². The van der Waals surface area contributed by atoms with Crippen molar-refractivity contribution in [1.29, 1.82) is 0 Å². The molecule has 31 heavy (non-hydrogen) atoms. The molecule has 0 saturated heterocycles. The van der Waals surface area contributed by atoms with E-state index in [2.05, 4.69) is 19.9 Å². The van der Waals surface area contributed by atoms with Crippen LogP contribution in [0.15, 0.2) is 59.2 Å². The number of fused-ring (bicyclic) bond motifs is 1. The van der Waals surface area contributed by atoms with E-state index in [1.165, 1.54) is 11.3 Å². The largest absolute Gasteiger partial charge is 0.482 e. The van der Waals surface area contributed by atoms with E-state index in [0.717, 1.165) is 15.8 Å². The van der Waals surface area contributed by atoms with Gasteiger partial charge in [-0.2, -0.15) is 0 Å². The zero-order valence-electron chi connectivity index (χ0n) is 17.0. The molecule has 0 N–H and O–H groups in total. The minimum Gasteiger partial charge on any atom is -0.482 e. The number of para-hydroxylation sites is 1. The van der Waals surface area contributed by atoms with Crippen molar-refractivity contribution in [3.63, 3.8) is 0 Å². The number of hydrogen-bond donors (Lipinski definition) is 0. The van der Waals surface area contributed by atoms with Crippen molar-refractivity contribution in [2.75, 3.05) is 11.5 Å². The molecule has 4 rings (SSSR count). The van der Waals surface area contributed by atoms with Gasteiger partial charge in [0.05, 0.1) is 28.0 Å². The molecule has 0 fully saturated rings. The Bertz CT molecular complexity index is 1200. The van der Waals surface area contributed by atoms with Crippen LogP contribution in [0.4, 0.5) is 5.13 Å². The van der Waals surface area contributed by atoms with Crippen LogP contribution in [0.3, 0.4) is 0 Å². The normalized spacial score (nSPS) is 11.3. The van der Waals surface area contributed by atoms with Gasteiger partial charge in [0.25, 0.3) is 5.91 Å². The highest BCUT2D eigenvalue weighted by Crippen LogP contribution is 2.34. The van der Waals surface area contributed by atoms with Gasteiger partial charge < -0.3 is 9.15 Å². The van der Waals surface area contributed by atoms with Gasteiger partial charge in [-0.1, -0.05) is 60.5 Å². The molecule has 5 nitrogen and oxygen atoms in total. The Morgan fingerprint density at radius 2 is 2.03 bits per heavy atom. The Hall–Kier alpha value is -2.54. The summed E-state index contributed by atoms with van der Waals surface area (Å²) in [6.45, 7) is 4.31. The second kappa shape index (κ2) is 9.30. The van der Waals surface area contributed by atoms with Crippen LogP contribution in [0.1, 0.15) is 31.1 Å². The fourth-order valence-electron chi connectivity index (χ4n) is 3.17. The molecule has 2 aromatic heterocycles. The zero-order chi connectivity index (χ0) is 22.0. The van der Waals surface area contributed by atoms with Crippen LogP contribution in [0.5, 0.6) is 5.75 Å². The van der Waals surface area contributed by atoms with E-state index in [9.17, 15) is 4.79 Å². The third kappa shape index (κ3) is 4.87. The zero-order valence-corrected chi connectivity index (χ0v) is 19.3. The van der Waals surface area contributed by atoms with Crippen LogP contribution < -0.4 is 9.64 Å². The molecule has 2 aromatic carbocycles. The fourth-order valence-corrected chi connectivity index (χ4v) is 4.65. The van der Waals surface area contributed by atoms with Crippen molar-refractivity contribution >= 4 is 55.8 Å². The van der Waals surface area contributed by atoms with Crippen LogP contribution in [-0.2, 0) is 11.3 Å². The van der Waals surface area contributed by atoms with Gasteiger partial charge in [0.15, 0.2) is 11.7 Å². The lowest BCUT2D eigenvalue weighted by atomic mass is 10.0. The number of carbonyl (C=O) groups excluding carboxylic acids is 1. The first-order chi connectivity index (χ1) is 14.9. The molecule has 0 unspecified atom stereocenters. The van der Waals surface area contributed by atoms with Crippen molar-refractivity contribution < 1.29 is 13.9 Å². The van der Waals surface area contributed by atoms with Gasteiger partial charge in [-0.05, 0) is 47.9 Å². The highest BCUT2D eigenvalue weighted by Gasteiger charge is 2.23. The van der Waals surface area contributed by atoms with Gasteiger partial charge in [0, 0.05) is 5.02 Å². The SMILES string of the molecule is CC(C)c1cccc2sc(N(Cc3ccco3)C(=O)COc3ccc(Cl)cc3Cl)nc12. The molecule has 0 aliphatic heterocycles. The number of furan rings is 1. The first-order valence-corrected chi connectivity index (χ1v) is 11.3. The molecule has 160 valence electrons. The minimum absolute atomic E-state index is 0.199. The maximum atomic E-state index is 13.2. The Labute approximate surface area is 194 Å². The molecular formula is C23H20Cl2N2O3S. The molecule has 0 saturated carbocycles. The summed E-state index contributed by atoms with van der Waals surface area (Å²) in [5, 5.41) is 1.44. The molecule has 0 aliphatic rings. The molecule has 0 radical (unpaired) electrons. The lowest BCUT2D eigenvalue weighted by Gasteiger charge is -2.19. The van der Waals surface area contributed by atoms with E-state index in [0.29, 0.717) is 32.6 Å². The predicted octanol–water partition coefficient (Wildman–Crippen LogP) is 6.93. The molecule has 0 aliphatic carbocycles. The summed E-state index contributed by atoms with van der Waals surface area (Å²) >= 11 is 13.6. The number of rotatable bonds is 7. The standard InChI is InChI=1S/C23H20Cl2N2O3S/c1-14(2)17-6-3-7-20-22(17)26-23(31-20)27(12-16-5-4-10-29-16)21(28)13-30-19-9-8-15(24)11-18(19)25/h3-11,14H,12-13H2,1-2H3. The smallest absolute Gasteiger partial charge is 0.267 e. The first kappa shape index (κ1) is 21.7. The van der Waals surface area contributed by atoms with Crippen LogP contribution in [-0.4, -0.2) is 17.5 Å². The van der Waals surface area contributed by atoms with Gasteiger partial charge in [-0.3, -0.25) is 9.69 Å². The van der Waals surface area contributed by atoms with Gasteiger partial charge in [-0.15, -0.1) is 0 Å². The van der Waals surface area contributed by atoms with Crippen LogP contribution >= 0.6 is 34.5 Å². The van der Waals surface area contributed by atoms with Crippen molar-refractivity contribution in [3.05, 3.63) is 76.2 Å². The first-order valence-electron chi connectivity index (χ1n) is 9.72. The lowest BCUT2D eigenvalue weighted by molar-refractivity contribution is -0.120. The summed E-state index contributed by atoms with van der Waals surface area (Å²) in [7, 11) is 0. The number of aromatic nitrogens is 1. The third-order valence-corrected chi connectivity index (χ3v) is 6.31. The van der Waals surface area contributed by atoms with E-state index in [-0.39, 0.29) is 19.1 Å². The number of benzene rings is 2. The van der Waals surface area contributed by atoms with E-state index in [1.54, 1.807) is 35.4 Å². The van der Waals surface area contributed by atoms with Crippen molar-refractivity contribution in [1.82, 2.24) is 4.98 Å². The summed E-state index contributed by atoms with van der Waals surface area (Å²) in [4.78, 5) is 19.6. The molecule has 4 aromatic rings. The summed E-state index contributed by atoms with van der Waals surface area (Å²) in [5.41, 5.74) is 2.06. The molecule has 0 spiro atoms. The summed E-state index contributed by atoms with van der Waals surface area (Å²) < 4.78 is 12.2. The Balaban J connectivity index is 1.63. The Morgan fingerprint density at radius 1 is 1.19 bits per heavy atom. The van der Waals surface area contributed by atoms with Crippen LogP contribution in [0, 0.1) is 0 Å². The maximum Gasteiger partial charge on any atom is 0.267 e. The monoisotopic (exact) mass is 474 g/mol. The van der Waals surface area contributed by atoms with Crippen molar-refractivity contribution in [2.24, 2.45) is 0 Å². The number of anilines is 1. The minimum atomic E-state index is -0.257. The summed E-state index contributed by atoms with van der Waals surface area (Å²) in [6.07, 6.45) is 1.58. The van der Waals surface area contributed by atoms with E-state index < -0.39 is 0 Å². The number of carbonyl (C=O) groups is 1. The quantitative estimate of drug-likeness (QED) is 0.291. The lowest BCUT2D eigenvalue weighted by Crippen LogP contribution is -2.34. The average molecular weight is 475 g/mol. The van der Waals surface area contributed by atoms with Gasteiger partial charge in [0.1, 0.15) is 11.5 Å².